The average molecular weight is 200 g/mol. The number of rotatable bonds is 1. The lowest BCUT2D eigenvalue weighted by atomic mass is 10.3. The van der Waals surface area contributed by atoms with Crippen LogP contribution in [0.2, 0.25) is 0 Å². The van der Waals surface area contributed by atoms with E-state index in [2.05, 4.69) is 0 Å². The monoisotopic (exact) mass is 200 g/mol. The van der Waals surface area contributed by atoms with E-state index in [1.54, 1.807) is 0 Å². The largest absolute Gasteiger partial charge is 0.481 e. The molecular formula is C10H10F2O2. The van der Waals surface area contributed by atoms with Crippen molar-refractivity contribution in [3.05, 3.63) is 35.9 Å². The minimum absolute atomic E-state index is 0.0185. The average Bonchev–Trinajstić information content (AvgIpc) is 2.94. The summed E-state index contributed by atoms with van der Waals surface area (Å²) in [5.41, 5.74) is 0. The summed E-state index contributed by atoms with van der Waals surface area (Å²) in [4.78, 5) is 9.76. The number of carbonyl (C=O) groups is 1. The summed E-state index contributed by atoms with van der Waals surface area (Å²) in [6.45, 7) is 0. The van der Waals surface area contributed by atoms with Crippen molar-refractivity contribution in [1.29, 1.82) is 0 Å². The molecule has 2 rings (SSSR count). The van der Waals surface area contributed by atoms with E-state index in [4.69, 9.17) is 5.11 Å². The van der Waals surface area contributed by atoms with Gasteiger partial charge in [0.2, 0.25) is 0 Å². The predicted molar refractivity (Wildman–Crippen MR) is 46.7 cm³/mol. The van der Waals surface area contributed by atoms with Gasteiger partial charge in [-0.3, -0.25) is 4.79 Å². The maximum atomic E-state index is 11.9. The lowest BCUT2D eigenvalue weighted by molar-refractivity contribution is -0.138. The zero-order valence-corrected chi connectivity index (χ0v) is 7.41. The summed E-state index contributed by atoms with van der Waals surface area (Å²) in [6, 6.07) is 5.04. The van der Waals surface area contributed by atoms with Gasteiger partial charge in [0, 0.05) is 0 Å². The molecule has 0 atom stereocenters. The second-order valence-corrected chi connectivity index (χ2v) is 3.03. The molecule has 0 aliphatic heterocycles. The normalized spacial score (nSPS) is 14.1. The van der Waals surface area contributed by atoms with E-state index in [0.29, 0.717) is 0 Å². The van der Waals surface area contributed by atoms with Crippen LogP contribution in [0.1, 0.15) is 12.8 Å². The molecule has 1 saturated carbocycles. The van der Waals surface area contributed by atoms with Crippen molar-refractivity contribution in [1.82, 2.24) is 0 Å². The van der Waals surface area contributed by atoms with Gasteiger partial charge in [-0.25, -0.2) is 8.78 Å². The van der Waals surface area contributed by atoms with E-state index in [9.17, 15) is 13.6 Å². The Morgan fingerprint density at radius 2 is 1.64 bits per heavy atom. The number of carboxylic acid groups (broad SMARTS) is 1. The van der Waals surface area contributed by atoms with E-state index in [-0.39, 0.29) is 5.92 Å². The molecule has 4 heteroatoms. The summed E-state index contributed by atoms with van der Waals surface area (Å²) >= 11 is 0. The van der Waals surface area contributed by atoms with Crippen molar-refractivity contribution >= 4 is 5.97 Å². The smallest absolute Gasteiger partial charge is 0.306 e. The molecular weight excluding hydrogens is 190 g/mol. The molecule has 1 fully saturated rings. The van der Waals surface area contributed by atoms with E-state index < -0.39 is 17.6 Å². The molecule has 1 aromatic rings. The minimum Gasteiger partial charge on any atom is -0.481 e. The van der Waals surface area contributed by atoms with Crippen molar-refractivity contribution in [3.8, 4) is 0 Å². The van der Waals surface area contributed by atoms with Crippen molar-refractivity contribution < 1.29 is 18.7 Å². The summed E-state index contributed by atoms with van der Waals surface area (Å²) in [5.74, 6) is -2.21. The van der Waals surface area contributed by atoms with Crippen LogP contribution in [0.15, 0.2) is 24.3 Å². The van der Waals surface area contributed by atoms with E-state index in [1.807, 2.05) is 0 Å². The SMILES string of the molecule is Fc1ccccc1F.O=C(O)C1CC1. The highest BCUT2D eigenvalue weighted by Crippen LogP contribution is 2.28. The van der Waals surface area contributed by atoms with Crippen LogP contribution in [0.4, 0.5) is 8.78 Å². The van der Waals surface area contributed by atoms with E-state index in [1.165, 1.54) is 12.1 Å². The Morgan fingerprint density at radius 1 is 1.21 bits per heavy atom. The fourth-order valence-corrected chi connectivity index (χ4v) is 0.770. The molecule has 1 N–H and O–H groups in total. The fourth-order valence-electron chi connectivity index (χ4n) is 0.770. The molecule has 0 bridgehead atoms. The molecule has 0 spiro atoms. The lowest BCUT2D eigenvalue weighted by Gasteiger charge is -1.85. The summed E-state index contributed by atoms with van der Waals surface area (Å²) in [7, 11) is 0. The Hall–Kier alpha value is -1.45. The molecule has 1 aliphatic rings. The first-order valence-electron chi connectivity index (χ1n) is 4.24. The zero-order valence-electron chi connectivity index (χ0n) is 7.41. The predicted octanol–water partition coefficient (Wildman–Crippen LogP) is 2.45. The van der Waals surface area contributed by atoms with Crippen LogP contribution in [-0.2, 0) is 4.79 Å². The topological polar surface area (TPSA) is 37.3 Å². The molecule has 0 heterocycles. The maximum Gasteiger partial charge on any atom is 0.306 e. The fraction of sp³-hybridized carbons (Fsp3) is 0.300. The molecule has 76 valence electrons. The lowest BCUT2D eigenvalue weighted by Crippen LogP contribution is -1.94. The molecule has 1 aromatic carbocycles. The van der Waals surface area contributed by atoms with Gasteiger partial charge in [0.1, 0.15) is 0 Å². The number of carboxylic acids is 1. The van der Waals surface area contributed by atoms with Crippen molar-refractivity contribution in [2.45, 2.75) is 12.8 Å². The summed E-state index contributed by atoms with van der Waals surface area (Å²) < 4.78 is 23.9. The van der Waals surface area contributed by atoms with Crippen LogP contribution in [0.3, 0.4) is 0 Å². The van der Waals surface area contributed by atoms with E-state index in [0.717, 1.165) is 25.0 Å². The third kappa shape index (κ3) is 3.51. The quantitative estimate of drug-likeness (QED) is 0.756. The van der Waals surface area contributed by atoms with Crippen LogP contribution in [-0.4, -0.2) is 11.1 Å². The third-order valence-corrected chi connectivity index (χ3v) is 1.75. The number of aliphatic carboxylic acids is 1. The van der Waals surface area contributed by atoms with Crippen LogP contribution in [0, 0.1) is 17.6 Å². The summed E-state index contributed by atoms with van der Waals surface area (Å²) in [5, 5.41) is 8.05. The van der Waals surface area contributed by atoms with Crippen LogP contribution < -0.4 is 0 Å². The Kier molecular flexibility index (Phi) is 3.56. The molecule has 0 aromatic heterocycles. The van der Waals surface area contributed by atoms with Gasteiger partial charge in [-0.2, -0.15) is 0 Å². The minimum atomic E-state index is -0.799. The van der Waals surface area contributed by atoms with Gasteiger partial charge in [0.25, 0.3) is 0 Å². The maximum absolute atomic E-state index is 11.9. The Bertz CT molecular complexity index is 301. The number of hydrogen-bond donors (Lipinski definition) is 1. The number of halogens is 2. The first kappa shape index (κ1) is 10.6. The van der Waals surface area contributed by atoms with Crippen LogP contribution >= 0.6 is 0 Å². The van der Waals surface area contributed by atoms with E-state index >= 15 is 0 Å². The zero-order chi connectivity index (χ0) is 10.6. The molecule has 1 aliphatic carbocycles. The first-order chi connectivity index (χ1) is 6.61. The van der Waals surface area contributed by atoms with Gasteiger partial charge in [-0.05, 0) is 25.0 Å². The van der Waals surface area contributed by atoms with Crippen LogP contribution in [0.5, 0.6) is 0 Å². The molecule has 2 nitrogen and oxygen atoms in total. The number of benzene rings is 1. The molecule has 0 saturated heterocycles. The number of hydrogen-bond acceptors (Lipinski definition) is 1. The first-order valence-corrected chi connectivity index (χ1v) is 4.24. The van der Waals surface area contributed by atoms with Gasteiger partial charge < -0.3 is 5.11 Å². The Morgan fingerprint density at radius 3 is 1.79 bits per heavy atom. The van der Waals surface area contributed by atoms with Gasteiger partial charge in [-0.15, -0.1) is 0 Å². The van der Waals surface area contributed by atoms with Gasteiger partial charge in [0.15, 0.2) is 11.6 Å². The third-order valence-electron chi connectivity index (χ3n) is 1.75. The molecule has 0 amide bonds. The Balaban J connectivity index is 0.000000146. The molecule has 14 heavy (non-hydrogen) atoms. The Labute approximate surface area is 80.2 Å². The molecule has 0 unspecified atom stereocenters. The van der Waals surface area contributed by atoms with Gasteiger partial charge in [-0.1, -0.05) is 12.1 Å². The second-order valence-electron chi connectivity index (χ2n) is 3.03. The second kappa shape index (κ2) is 4.69. The van der Waals surface area contributed by atoms with Crippen molar-refractivity contribution in [2.24, 2.45) is 5.92 Å². The van der Waals surface area contributed by atoms with Crippen LogP contribution in [0.25, 0.3) is 0 Å². The highest BCUT2D eigenvalue weighted by Gasteiger charge is 2.28. The summed E-state index contributed by atoms with van der Waals surface area (Å²) in [6.07, 6.45) is 1.80. The molecule has 0 radical (unpaired) electrons. The van der Waals surface area contributed by atoms with Crippen molar-refractivity contribution in [3.63, 3.8) is 0 Å². The van der Waals surface area contributed by atoms with Gasteiger partial charge >= 0.3 is 5.97 Å². The van der Waals surface area contributed by atoms with Gasteiger partial charge in [0.05, 0.1) is 5.92 Å². The highest BCUT2D eigenvalue weighted by atomic mass is 19.2. The highest BCUT2D eigenvalue weighted by molar-refractivity contribution is 5.72. The standard InChI is InChI=1S/C6H4F2.C4H6O2/c7-5-3-1-2-4-6(5)8;5-4(6)3-1-2-3/h1-4H;3H,1-2H2,(H,5,6). The van der Waals surface area contributed by atoms with Crippen molar-refractivity contribution in [2.75, 3.05) is 0 Å².